The van der Waals surface area contributed by atoms with E-state index >= 15 is 0 Å². The van der Waals surface area contributed by atoms with E-state index < -0.39 is 0 Å². The molecule has 1 aromatic carbocycles. The van der Waals surface area contributed by atoms with Crippen LogP contribution in [0.15, 0.2) is 24.3 Å². The van der Waals surface area contributed by atoms with Crippen molar-refractivity contribution in [1.82, 2.24) is 15.0 Å². The molecule has 1 aliphatic rings. The summed E-state index contributed by atoms with van der Waals surface area (Å²) in [6.45, 7) is 5.23. The van der Waals surface area contributed by atoms with Crippen LogP contribution in [0.4, 0.5) is 5.82 Å². The van der Waals surface area contributed by atoms with Crippen molar-refractivity contribution in [3.05, 3.63) is 30.0 Å². The Morgan fingerprint density at radius 1 is 1.11 bits per heavy atom. The summed E-state index contributed by atoms with van der Waals surface area (Å²) in [5.41, 5.74) is 6.09. The van der Waals surface area contributed by atoms with Crippen LogP contribution < -0.4 is 5.43 Å². The maximum Gasteiger partial charge on any atom is 0.162 e. The van der Waals surface area contributed by atoms with E-state index in [-0.39, 0.29) is 0 Å². The number of fused-ring (bicyclic) bond motifs is 1. The van der Waals surface area contributed by atoms with Crippen molar-refractivity contribution in [1.29, 1.82) is 0 Å². The zero-order valence-electron chi connectivity index (χ0n) is 10.4. The smallest absolute Gasteiger partial charge is 0.162 e. The first-order valence-corrected chi connectivity index (χ1v) is 6.16. The van der Waals surface area contributed by atoms with Crippen LogP contribution in [0.3, 0.4) is 0 Å². The molecule has 1 N–H and O–H groups in total. The van der Waals surface area contributed by atoms with Gasteiger partial charge in [0, 0.05) is 13.1 Å². The van der Waals surface area contributed by atoms with Gasteiger partial charge >= 0.3 is 0 Å². The molecule has 1 aliphatic heterocycles. The normalized spacial score (nSPS) is 16.9. The molecule has 3 rings (SSSR count). The molecule has 0 atom stereocenters. The first-order valence-electron chi connectivity index (χ1n) is 6.16. The number of hydrazine groups is 1. The third-order valence-corrected chi connectivity index (χ3v) is 3.02. The number of anilines is 1. The molecule has 0 amide bonds. The number of benzene rings is 1. The summed E-state index contributed by atoms with van der Waals surface area (Å²) in [6.07, 6.45) is 0. The number of ether oxygens (including phenoxy) is 1. The Bertz CT molecular complexity index is 552. The van der Waals surface area contributed by atoms with Crippen LogP contribution in [-0.2, 0) is 4.74 Å². The monoisotopic (exact) mass is 244 g/mol. The number of hydrogen-bond donors (Lipinski definition) is 1. The second-order valence-electron chi connectivity index (χ2n) is 4.36. The summed E-state index contributed by atoms with van der Waals surface area (Å²) in [7, 11) is 0. The maximum absolute atomic E-state index is 5.32. The summed E-state index contributed by atoms with van der Waals surface area (Å²) >= 11 is 0. The fourth-order valence-electron chi connectivity index (χ4n) is 2.02. The number of aromatic nitrogens is 2. The number of morpholine rings is 1. The van der Waals surface area contributed by atoms with Gasteiger partial charge in [-0.05, 0) is 19.1 Å². The molecule has 94 valence electrons. The van der Waals surface area contributed by atoms with Crippen LogP contribution >= 0.6 is 0 Å². The molecule has 1 aromatic heterocycles. The van der Waals surface area contributed by atoms with Gasteiger partial charge in [0.1, 0.15) is 0 Å². The molecule has 1 fully saturated rings. The van der Waals surface area contributed by atoms with E-state index in [4.69, 9.17) is 4.74 Å². The summed E-state index contributed by atoms with van der Waals surface area (Å²) in [5, 5.41) is 2.12. The van der Waals surface area contributed by atoms with Gasteiger partial charge in [0.15, 0.2) is 5.82 Å². The Balaban J connectivity index is 1.88. The Hall–Kier alpha value is -1.72. The highest BCUT2D eigenvalue weighted by molar-refractivity contribution is 5.76. The number of rotatable bonds is 2. The minimum absolute atomic E-state index is 0.757. The molecule has 1 saturated heterocycles. The standard InChI is InChI=1S/C13H16N4O/c1-10-13(16-17-6-8-18-9-7-17)15-12-5-3-2-4-11(12)14-10/h2-5H,6-9H2,1H3,(H,15,16). The minimum Gasteiger partial charge on any atom is -0.379 e. The van der Waals surface area contributed by atoms with E-state index in [2.05, 4.69) is 20.4 Å². The highest BCUT2D eigenvalue weighted by Crippen LogP contribution is 2.16. The topological polar surface area (TPSA) is 50.3 Å². The second-order valence-corrected chi connectivity index (χ2v) is 4.36. The Labute approximate surface area is 106 Å². The van der Waals surface area contributed by atoms with Gasteiger partial charge in [0.25, 0.3) is 0 Å². The van der Waals surface area contributed by atoms with Gasteiger partial charge in [-0.3, -0.25) is 0 Å². The van der Waals surface area contributed by atoms with Crippen molar-refractivity contribution in [2.24, 2.45) is 0 Å². The highest BCUT2D eigenvalue weighted by Gasteiger charge is 2.12. The lowest BCUT2D eigenvalue weighted by atomic mass is 10.3. The minimum atomic E-state index is 0.757. The summed E-state index contributed by atoms with van der Waals surface area (Å²) in [5.74, 6) is 0.829. The van der Waals surface area contributed by atoms with Crippen LogP contribution in [-0.4, -0.2) is 41.3 Å². The fourth-order valence-corrected chi connectivity index (χ4v) is 2.02. The van der Waals surface area contributed by atoms with Gasteiger partial charge in [-0.15, -0.1) is 0 Å². The number of aryl methyl sites for hydroxylation is 1. The second kappa shape index (κ2) is 4.88. The van der Waals surface area contributed by atoms with Crippen LogP contribution in [0.1, 0.15) is 5.69 Å². The molecule has 0 aliphatic carbocycles. The molecule has 0 unspecified atom stereocenters. The Morgan fingerprint density at radius 3 is 2.50 bits per heavy atom. The largest absolute Gasteiger partial charge is 0.379 e. The molecule has 0 saturated carbocycles. The molecule has 5 nitrogen and oxygen atoms in total. The van der Waals surface area contributed by atoms with Gasteiger partial charge < -0.3 is 10.2 Å². The molecule has 0 spiro atoms. The first kappa shape index (κ1) is 11.4. The van der Waals surface area contributed by atoms with Crippen molar-refractivity contribution in [3.63, 3.8) is 0 Å². The lowest BCUT2D eigenvalue weighted by Crippen LogP contribution is -2.40. The summed E-state index contributed by atoms with van der Waals surface area (Å²) in [4.78, 5) is 9.17. The van der Waals surface area contributed by atoms with Crippen LogP contribution in [0.5, 0.6) is 0 Å². The van der Waals surface area contributed by atoms with Gasteiger partial charge in [0.2, 0.25) is 0 Å². The van der Waals surface area contributed by atoms with E-state index in [1.807, 2.05) is 31.2 Å². The van der Waals surface area contributed by atoms with E-state index in [0.29, 0.717) is 0 Å². The highest BCUT2D eigenvalue weighted by atomic mass is 16.5. The van der Waals surface area contributed by atoms with E-state index in [9.17, 15) is 0 Å². The van der Waals surface area contributed by atoms with E-state index in [0.717, 1.165) is 48.8 Å². The third-order valence-electron chi connectivity index (χ3n) is 3.02. The van der Waals surface area contributed by atoms with Gasteiger partial charge in [0.05, 0.1) is 29.9 Å². The lowest BCUT2D eigenvalue weighted by Gasteiger charge is -2.27. The predicted molar refractivity (Wildman–Crippen MR) is 70.3 cm³/mol. The van der Waals surface area contributed by atoms with Crippen LogP contribution in [0.25, 0.3) is 11.0 Å². The van der Waals surface area contributed by atoms with Crippen molar-refractivity contribution in [3.8, 4) is 0 Å². The quantitative estimate of drug-likeness (QED) is 0.869. The van der Waals surface area contributed by atoms with Crippen molar-refractivity contribution in [2.45, 2.75) is 6.92 Å². The summed E-state index contributed by atoms with van der Waals surface area (Å²) < 4.78 is 5.32. The molecule has 0 radical (unpaired) electrons. The van der Waals surface area contributed by atoms with Crippen molar-refractivity contribution < 1.29 is 4.74 Å². The Kier molecular flexibility index (Phi) is 3.08. The third kappa shape index (κ3) is 2.27. The summed E-state index contributed by atoms with van der Waals surface area (Å²) in [6, 6.07) is 7.91. The number of nitrogens with zero attached hydrogens (tertiary/aromatic N) is 3. The fraction of sp³-hybridized carbons (Fsp3) is 0.385. The average Bonchev–Trinajstić information content (AvgIpc) is 2.41. The van der Waals surface area contributed by atoms with Gasteiger partial charge in [-0.1, -0.05) is 12.1 Å². The Morgan fingerprint density at radius 2 is 1.78 bits per heavy atom. The first-order chi connectivity index (χ1) is 8.83. The molecule has 5 heteroatoms. The SMILES string of the molecule is Cc1nc2ccccc2nc1NN1CCOCC1. The van der Waals surface area contributed by atoms with Crippen molar-refractivity contribution >= 4 is 16.9 Å². The number of hydrogen-bond acceptors (Lipinski definition) is 5. The lowest BCUT2D eigenvalue weighted by molar-refractivity contribution is 0.0494. The molecule has 18 heavy (non-hydrogen) atoms. The molecule has 2 aromatic rings. The van der Waals surface area contributed by atoms with Crippen LogP contribution in [0, 0.1) is 6.92 Å². The number of nitrogens with one attached hydrogen (secondary N) is 1. The van der Waals surface area contributed by atoms with Crippen molar-refractivity contribution in [2.75, 3.05) is 31.7 Å². The van der Waals surface area contributed by atoms with Gasteiger partial charge in [-0.2, -0.15) is 0 Å². The van der Waals surface area contributed by atoms with E-state index in [1.54, 1.807) is 0 Å². The van der Waals surface area contributed by atoms with Gasteiger partial charge in [-0.25, -0.2) is 15.0 Å². The van der Waals surface area contributed by atoms with E-state index in [1.165, 1.54) is 0 Å². The zero-order valence-corrected chi connectivity index (χ0v) is 10.4. The molecule has 0 bridgehead atoms. The zero-order chi connectivity index (χ0) is 12.4. The molecule has 2 heterocycles. The van der Waals surface area contributed by atoms with Crippen LogP contribution in [0.2, 0.25) is 0 Å². The predicted octanol–water partition coefficient (Wildman–Crippen LogP) is 1.60. The molecular weight excluding hydrogens is 228 g/mol. The maximum atomic E-state index is 5.32. The average molecular weight is 244 g/mol. The molecular formula is C13H16N4O. The number of para-hydroxylation sites is 2.